The van der Waals surface area contributed by atoms with Crippen LogP contribution in [0.15, 0.2) is 18.2 Å². The maximum absolute atomic E-state index is 11.8. The molecule has 1 aromatic rings. The van der Waals surface area contributed by atoms with Gasteiger partial charge in [0.05, 0.1) is 26.2 Å². The van der Waals surface area contributed by atoms with Gasteiger partial charge in [-0.1, -0.05) is 6.07 Å². The average molecular weight is 281 g/mol. The molecule has 1 aromatic carbocycles. The maximum atomic E-state index is 11.8. The van der Waals surface area contributed by atoms with Crippen LogP contribution in [0.25, 0.3) is 0 Å². The number of ether oxygens (including phenoxy) is 3. The summed E-state index contributed by atoms with van der Waals surface area (Å²) >= 11 is 0. The molecule has 1 rings (SSSR count). The standard InChI is InChI=1S/C15H23NO4/c1-6-20-12-9-10(7-8-11(12)18-4)13(16)15(2,3)14(17)19-5/h7-9,13H,6,16H2,1-5H3/t13-/m0/s1. The molecule has 0 amide bonds. The molecular formula is C15H23NO4. The van der Waals surface area contributed by atoms with E-state index in [-0.39, 0.29) is 5.97 Å². The van der Waals surface area contributed by atoms with Crippen LogP contribution < -0.4 is 15.2 Å². The second-order valence-corrected chi connectivity index (χ2v) is 5.03. The predicted molar refractivity (Wildman–Crippen MR) is 76.9 cm³/mol. The minimum atomic E-state index is -0.827. The van der Waals surface area contributed by atoms with Crippen molar-refractivity contribution in [2.45, 2.75) is 26.8 Å². The molecule has 0 bridgehead atoms. The van der Waals surface area contributed by atoms with E-state index in [1.807, 2.05) is 13.0 Å². The third-order valence-corrected chi connectivity index (χ3v) is 3.34. The zero-order valence-electron chi connectivity index (χ0n) is 12.7. The van der Waals surface area contributed by atoms with E-state index in [0.29, 0.717) is 18.1 Å². The van der Waals surface area contributed by atoms with Crippen molar-refractivity contribution >= 4 is 5.97 Å². The third kappa shape index (κ3) is 3.22. The predicted octanol–water partition coefficient (Wildman–Crippen LogP) is 2.29. The van der Waals surface area contributed by atoms with Gasteiger partial charge in [-0.05, 0) is 38.5 Å². The molecule has 0 spiro atoms. The Labute approximate surface area is 120 Å². The summed E-state index contributed by atoms with van der Waals surface area (Å²) in [7, 11) is 2.94. The highest BCUT2D eigenvalue weighted by atomic mass is 16.5. The lowest BCUT2D eigenvalue weighted by atomic mass is 9.81. The zero-order valence-corrected chi connectivity index (χ0v) is 12.7. The second-order valence-electron chi connectivity index (χ2n) is 5.03. The van der Waals surface area contributed by atoms with Crippen molar-refractivity contribution in [1.82, 2.24) is 0 Å². The summed E-state index contributed by atoms with van der Waals surface area (Å²) < 4.78 is 15.6. The van der Waals surface area contributed by atoms with Crippen LogP contribution in [-0.4, -0.2) is 26.8 Å². The Hall–Kier alpha value is -1.75. The van der Waals surface area contributed by atoms with Crippen molar-refractivity contribution in [3.05, 3.63) is 23.8 Å². The Balaban J connectivity index is 3.13. The summed E-state index contributed by atoms with van der Waals surface area (Å²) in [6.45, 7) is 5.93. The number of hydrogen-bond acceptors (Lipinski definition) is 5. The van der Waals surface area contributed by atoms with Gasteiger partial charge in [-0.2, -0.15) is 0 Å². The first-order valence-electron chi connectivity index (χ1n) is 6.53. The number of methoxy groups -OCH3 is 2. The molecule has 0 saturated heterocycles. The summed E-state index contributed by atoms with van der Waals surface area (Å²) in [6, 6.07) is 4.92. The van der Waals surface area contributed by atoms with Gasteiger partial charge in [-0.15, -0.1) is 0 Å². The summed E-state index contributed by atoms with van der Waals surface area (Å²) in [4.78, 5) is 11.8. The quantitative estimate of drug-likeness (QED) is 0.810. The van der Waals surface area contributed by atoms with Gasteiger partial charge in [-0.3, -0.25) is 4.79 Å². The molecule has 0 aliphatic heterocycles. The first-order chi connectivity index (χ1) is 9.38. The molecule has 5 heteroatoms. The van der Waals surface area contributed by atoms with E-state index >= 15 is 0 Å². The van der Waals surface area contributed by atoms with Crippen LogP contribution in [0.1, 0.15) is 32.4 Å². The molecule has 0 aliphatic carbocycles. The Morgan fingerprint density at radius 1 is 1.30 bits per heavy atom. The van der Waals surface area contributed by atoms with Gasteiger partial charge in [0.1, 0.15) is 0 Å². The number of esters is 1. The molecule has 112 valence electrons. The first kappa shape index (κ1) is 16.3. The highest BCUT2D eigenvalue weighted by Gasteiger charge is 2.36. The fourth-order valence-corrected chi connectivity index (χ4v) is 1.96. The molecule has 0 aromatic heterocycles. The van der Waals surface area contributed by atoms with Gasteiger partial charge in [-0.25, -0.2) is 0 Å². The molecule has 1 atom stereocenters. The van der Waals surface area contributed by atoms with Gasteiger partial charge >= 0.3 is 5.97 Å². The highest BCUT2D eigenvalue weighted by molar-refractivity contribution is 5.77. The minimum Gasteiger partial charge on any atom is -0.493 e. The second kappa shape index (κ2) is 6.61. The van der Waals surface area contributed by atoms with Crippen LogP contribution in [0.2, 0.25) is 0 Å². The third-order valence-electron chi connectivity index (χ3n) is 3.34. The number of carbonyl (C=O) groups is 1. The van der Waals surface area contributed by atoms with E-state index in [9.17, 15) is 4.79 Å². The van der Waals surface area contributed by atoms with Crippen LogP contribution in [0.4, 0.5) is 0 Å². The lowest BCUT2D eigenvalue weighted by Gasteiger charge is -2.29. The number of benzene rings is 1. The van der Waals surface area contributed by atoms with E-state index in [2.05, 4.69) is 0 Å². The summed E-state index contributed by atoms with van der Waals surface area (Å²) in [5.74, 6) is 0.904. The van der Waals surface area contributed by atoms with Crippen LogP contribution in [0.5, 0.6) is 11.5 Å². The smallest absolute Gasteiger partial charge is 0.313 e. The molecule has 0 unspecified atom stereocenters. The van der Waals surface area contributed by atoms with Crippen molar-refractivity contribution in [3.63, 3.8) is 0 Å². The molecule has 0 aliphatic rings. The lowest BCUT2D eigenvalue weighted by Crippen LogP contribution is -2.37. The van der Waals surface area contributed by atoms with Gasteiger partial charge in [0, 0.05) is 6.04 Å². The number of carbonyl (C=O) groups excluding carboxylic acids is 1. The Bertz CT molecular complexity index is 471. The molecular weight excluding hydrogens is 258 g/mol. The van der Waals surface area contributed by atoms with Crippen molar-refractivity contribution < 1.29 is 19.0 Å². The minimum absolute atomic E-state index is 0.348. The fraction of sp³-hybridized carbons (Fsp3) is 0.533. The van der Waals surface area contributed by atoms with Crippen molar-refractivity contribution in [1.29, 1.82) is 0 Å². The van der Waals surface area contributed by atoms with Crippen LogP contribution in [0.3, 0.4) is 0 Å². The zero-order chi connectivity index (χ0) is 15.3. The number of hydrogen-bond donors (Lipinski definition) is 1. The van der Waals surface area contributed by atoms with Crippen molar-refractivity contribution in [2.24, 2.45) is 11.1 Å². The Morgan fingerprint density at radius 2 is 1.95 bits per heavy atom. The molecule has 0 fully saturated rings. The maximum Gasteiger partial charge on any atom is 0.313 e. The van der Waals surface area contributed by atoms with Gasteiger partial charge in [0.25, 0.3) is 0 Å². The number of rotatable bonds is 6. The summed E-state index contributed by atoms with van der Waals surface area (Å²) in [5.41, 5.74) is 6.18. The van der Waals surface area contributed by atoms with E-state index in [4.69, 9.17) is 19.9 Å². The Kier molecular flexibility index (Phi) is 5.39. The average Bonchev–Trinajstić information content (AvgIpc) is 2.45. The lowest BCUT2D eigenvalue weighted by molar-refractivity contribution is -0.152. The Morgan fingerprint density at radius 3 is 2.45 bits per heavy atom. The fourth-order valence-electron chi connectivity index (χ4n) is 1.96. The summed E-state index contributed by atoms with van der Waals surface area (Å²) in [5, 5.41) is 0. The van der Waals surface area contributed by atoms with Gasteiger partial charge in [0.15, 0.2) is 11.5 Å². The normalized spacial score (nSPS) is 12.7. The van der Waals surface area contributed by atoms with E-state index in [1.54, 1.807) is 33.1 Å². The van der Waals surface area contributed by atoms with Crippen LogP contribution >= 0.6 is 0 Å². The molecule has 0 saturated carbocycles. The SMILES string of the molecule is CCOc1cc([C@H](N)C(C)(C)C(=O)OC)ccc1OC. The van der Waals surface area contributed by atoms with Crippen molar-refractivity contribution in [3.8, 4) is 11.5 Å². The first-order valence-corrected chi connectivity index (χ1v) is 6.53. The van der Waals surface area contributed by atoms with E-state index in [1.165, 1.54) is 7.11 Å². The topological polar surface area (TPSA) is 70.8 Å². The van der Waals surface area contributed by atoms with Gasteiger partial charge < -0.3 is 19.9 Å². The van der Waals surface area contributed by atoms with Crippen LogP contribution in [0, 0.1) is 5.41 Å². The number of nitrogens with two attached hydrogens (primary N) is 1. The molecule has 0 heterocycles. The molecule has 5 nitrogen and oxygen atoms in total. The molecule has 0 radical (unpaired) electrons. The van der Waals surface area contributed by atoms with Crippen molar-refractivity contribution in [2.75, 3.05) is 20.8 Å². The molecule has 2 N–H and O–H groups in total. The summed E-state index contributed by atoms with van der Waals surface area (Å²) in [6.07, 6.45) is 0. The monoisotopic (exact) mass is 281 g/mol. The highest BCUT2D eigenvalue weighted by Crippen LogP contribution is 2.36. The van der Waals surface area contributed by atoms with E-state index < -0.39 is 11.5 Å². The van der Waals surface area contributed by atoms with Crippen LogP contribution in [-0.2, 0) is 9.53 Å². The van der Waals surface area contributed by atoms with Gasteiger partial charge in [0.2, 0.25) is 0 Å². The largest absolute Gasteiger partial charge is 0.493 e. The molecule has 20 heavy (non-hydrogen) atoms. The van der Waals surface area contributed by atoms with E-state index in [0.717, 1.165) is 5.56 Å².